The van der Waals surface area contributed by atoms with E-state index in [1.165, 1.54) is 29.3 Å². The lowest BCUT2D eigenvalue weighted by molar-refractivity contribution is -0.116. The van der Waals surface area contributed by atoms with Crippen molar-refractivity contribution in [3.8, 4) is 11.1 Å². The highest BCUT2D eigenvalue weighted by Gasteiger charge is 2.15. The quantitative estimate of drug-likeness (QED) is 0.377. The van der Waals surface area contributed by atoms with Gasteiger partial charge in [-0.2, -0.15) is 0 Å². The Hall–Kier alpha value is -4.30. The molecule has 0 aliphatic rings. The van der Waals surface area contributed by atoms with Gasteiger partial charge in [-0.05, 0) is 46.7 Å². The molecular formula is C26H19N3O4S. The average molecular weight is 470 g/mol. The van der Waals surface area contributed by atoms with Crippen LogP contribution in [0.3, 0.4) is 0 Å². The number of anilines is 1. The number of hydrogen-bond acceptors (Lipinski definition) is 6. The summed E-state index contributed by atoms with van der Waals surface area (Å²) in [6, 6.07) is 20.4. The van der Waals surface area contributed by atoms with Crippen LogP contribution in [0.4, 0.5) is 5.69 Å². The summed E-state index contributed by atoms with van der Waals surface area (Å²) >= 11 is 1.40. The topological polar surface area (TPSA) is 90.3 Å². The summed E-state index contributed by atoms with van der Waals surface area (Å²) in [6.45, 7) is -0.187. The number of methoxy groups -OCH3 is 1. The summed E-state index contributed by atoms with van der Waals surface area (Å²) < 4.78 is 5.97. The molecule has 1 amide bonds. The van der Waals surface area contributed by atoms with Crippen molar-refractivity contribution < 1.29 is 14.3 Å². The van der Waals surface area contributed by atoms with Gasteiger partial charge in [-0.15, -0.1) is 11.3 Å². The third-order valence-electron chi connectivity index (χ3n) is 5.52. The van der Waals surface area contributed by atoms with Crippen molar-refractivity contribution in [2.24, 2.45) is 0 Å². The first-order valence-electron chi connectivity index (χ1n) is 10.5. The first-order valence-corrected chi connectivity index (χ1v) is 11.4. The molecule has 0 aliphatic carbocycles. The lowest BCUT2D eigenvalue weighted by atomic mass is 10.0. The van der Waals surface area contributed by atoms with Crippen LogP contribution in [-0.2, 0) is 16.1 Å². The fraction of sp³-hybridized carbons (Fsp3) is 0.0769. The normalized spacial score (nSPS) is 11.0. The minimum atomic E-state index is -0.457. The Morgan fingerprint density at radius 3 is 2.56 bits per heavy atom. The monoisotopic (exact) mass is 469 g/mol. The molecule has 2 aromatic heterocycles. The van der Waals surface area contributed by atoms with Crippen molar-refractivity contribution in [2.45, 2.75) is 6.54 Å². The van der Waals surface area contributed by atoms with E-state index in [9.17, 15) is 14.4 Å². The molecule has 1 N–H and O–H groups in total. The van der Waals surface area contributed by atoms with Crippen molar-refractivity contribution in [1.82, 2.24) is 9.55 Å². The molecule has 0 aliphatic heterocycles. The molecule has 0 bridgehead atoms. The van der Waals surface area contributed by atoms with Crippen LogP contribution in [0.5, 0.6) is 0 Å². The minimum absolute atomic E-state index is 0.187. The maximum atomic E-state index is 13.3. The molecule has 8 heteroatoms. The number of thiophene rings is 1. The third kappa shape index (κ3) is 4.06. The number of fused-ring (bicyclic) bond motifs is 2. The largest absolute Gasteiger partial charge is 0.465 e. The van der Waals surface area contributed by atoms with Crippen molar-refractivity contribution in [3.63, 3.8) is 0 Å². The third-order valence-corrected chi connectivity index (χ3v) is 6.41. The van der Waals surface area contributed by atoms with Gasteiger partial charge in [0.2, 0.25) is 5.91 Å². The molecule has 168 valence electrons. The van der Waals surface area contributed by atoms with E-state index in [2.05, 4.69) is 21.1 Å². The molecule has 0 saturated carbocycles. The number of amides is 1. The fourth-order valence-corrected chi connectivity index (χ4v) is 4.72. The summed E-state index contributed by atoms with van der Waals surface area (Å²) in [7, 11) is 1.31. The second-order valence-electron chi connectivity index (χ2n) is 7.69. The van der Waals surface area contributed by atoms with Gasteiger partial charge in [0.25, 0.3) is 5.56 Å². The first kappa shape index (κ1) is 21.5. The van der Waals surface area contributed by atoms with Crippen molar-refractivity contribution >= 4 is 49.9 Å². The number of benzene rings is 3. The first-order chi connectivity index (χ1) is 16.5. The van der Waals surface area contributed by atoms with E-state index < -0.39 is 5.97 Å². The molecule has 2 heterocycles. The van der Waals surface area contributed by atoms with Gasteiger partial charge >= 0.3 is 5.97 Å². The number of rotatable bonds is 5. The highest BCUT2D eigenvalue weighted by atomic mass is 32.1. The van der Waals surface area contributed by atoms with Crippen LogP contribution in [0.1, 0.15) is 10.4 Å². The van der Waals surface area contributed by atoms with Crippen LogP contribution in [0.25, 0.3) is 32.1 Å². The van der Waals surface area contributed by atoms with Crippen LogP contribution in [-0.4, -0.2) is 28.5 Å². The van der Waals surface area contributed by atoms with E-state index in [0.717, 1.165) is 21.9 Å². The number of carbonyl (C=O) groups is 2. The van der Waals surface area contributed by atoms with E-state index in [1.807, 2.05) is 41.8 Å². The number of nitrogens with one attached hydrogen (secondary N) is 1. The molecule has 0 unspecified atom stereocenters. The number of aromatic nitrogens is 2. The lowest BCUT2D eigenvalue weighted by Crippen LogP contribution is -2.27. The van der Waals surface area contributed by atoms with Gasteiger partial charge in [0.15, 0.2) is 0 Å². The van der Waals surface area contributed by atoms with Crippen molar-refractivity contribution in [3.05, 3.63) is 94.4 Å². The van der Waals surface area contributed by atoms with Gasteiger partial charge in [-0.1, -0.05) is 36.4 Å². The second-order valence-corrected chi connectivity index (χ2v) is 8.54. The fourth-order valence-electron chi connectivity index (χ4n) is 3.81. The molecule has 0 saturated heterocycles. The summed E-state index contributed by atoms with van der Waals surface area (Å²) in [4.78, 5) is 42.5. The van der Waals surface area contributed by atoms with Crippen LogP contribution < -0.4 is 10.9 Å². The number of ether oxygens (including phenoxy) is 1. The van der Waals surface area contributed by atoms with E-state index in [-0.39, 0.29) is 18.0 Å². The molecule has 0 atom stereocenters. The number of esters is 1. The number of nitrogens with zero attached hydrogens (tertiary/aromatic N) is 2. The zero-order chi connectivity index (χ0) is 23.7. The summed E-state index contributed by atoms with van der Waals surface area (Å²) in [5.74, 6) is -0.835. The maximum absolute atomic E-state index is 13.3. The zero-order valence-corrected chi connectivity index (χ0v) is 19.0. The molecule has 0 fully saturated rings. The molecule has 34 heavy (non-hydrogen) atoms. The second kappa shape index (κ2) is 8.92. The Morgan fingerprint density at radius 2 is 1.79 bits per heavy atom. The van der Waals surface area contributed by atoms with Gasteiger partial charge in [0, 0.05) is 16.6 Å². The Kier molecular flexibility index (Phi) is 5.65. The van der Waals surface area contributed by atoms with Crippen LogP contribution in [0, 0.1) is 0 Å². The van der Waals surface area contributed by atoms with Gasteiger partial charge in [-0.25, -0.2) is 9.78 Å². The van der Waals surface area contributed by atoms with Gasteiger partial charge in [-0.3, -0.25) is 14.2 Å². The smallest absolute Gasteiger partial charge is 0.337 e. The van der Waals surface area contributed by atoms with Crippen LogP contribution in [0.2, 0.25) is 0 Å². The lowest BCUT2D eigenvalue weighted by Gasteiger charge is -2.08. The molecule has 0 spiro atoms. The maximum Gasteiger partial charge on any atom is 0.337 e. The van der Waals surface area contributed by atoms with Gasteiger partial charge in [0.05, 0.1) is 24.4 Å². The number of carbonyl (C=O) groups excluding carboxylic acids is 2. The van der Waals surface area contributed by atoms with E-state index in [1.54, 1.807) is 24.3 Å². The predicted molar refractivity (Wildman–Crippen MR) is 133 cm³/mol. The highest BCUT2D eigenvalue weighted by molar-refractivity contribution is 7.17. The van der Waals surface area contributed by atoms with Gasteiger partial charge in [0.1, 0.15) is 11.4 Å². The van der Waals surface area contributed by atoms with E-state index >= 15 is 0 Å². The minimum Gasteiger partial charge on any atom is -0.465 e. The average Bonchev–Trinajstić information content (AvgIpc) is 3.30. The van der Waals surface area contributed by atoms with Crippen LogP contribution >= 0.6 is 11.3 Å². The van der Waals surface area contributed by atoms with Crippen LogP contribution in [0.15, 0.2) is 83.2 Å². The van der Waals surface area contributed by atoms with Crippen molar-refractivity contribution in [2.75, 3.05) is 12.4 Å². The van der Waals surface area contributed by atoms with Gasteiger partial charge < -0.3 is 10.1 Å². The zero-order valence-electron chi connectivity index (χ0n) is 18.1. The van der Waals surface area contributed by atoms with E-state index in [0.29, 0.717) is 21.5 Å². The van der Waals surface area contributed by atoms with Crippen molar-refractivity contribution in [1.29, 1.82) is 0 Å². The molecule has 3 aromatic carbocycles. The Morgan fingerprint density at radius 1 is 1.03 bits per heavy atom. The SMILES string of the molecule is COC(=O)c1ccc(NC(=O)Cn2cnc3scc(-c4ccc5ccccc5c4)c3c2=O)cc1. The summed E-state index contributed by atoms with van der Waals surface area (Å²) in [5, 5.41) is 7.37. The number of hydrogen-bond donors (Lipinski definition) is 1. The Bertz CT molecular complexity index is 1600. The summed E-state index contributed by atoms with van der Waals surface area (Å²) in [6.07, 6.45) is 1.39. The Balaban J connectivity index is 1.42. The summed E-state index contributed by atoms with van der Waals surface area (Å²) in [5.41, 5.74) is 2.34. The molecule has 5 rings (SSSR count). The molecule has 7 nitrogen and oxygen atoms in total. The molecular weight excluding hydrogens is 450 g/mol. The Labute approximate surface area is 198 Å². The standard InChI is InChI=1S/C26H19N3O4S/c1-33-26(32)17-8-10-20(11-9-17)28-22(30)13-29-15-27-24-23(25(29)31)21(14-34-24)19-7-6-16-4-2-3-5-18(16)12-19/h2-12,14-15H,13H2,1H3,(H,28,30). The van der Waals surface area contributed by atoms with E-state index in [4.69, 9.17) is 0 Å². The highest BCUT2D eigenvalue weighted by Crippen LogP contribution is 2.32. The molecule has 0 radical (unpaired) electrons. The molecule has 5 aromatic rings. The predicted octanol–water partition coefficient (Wildman–Crippen LogP) is 4.70.